The van der Waals surface area contributed by atoms with E-state index in [2.05, 4.69) is 150 Å². The van der Waals surface area contributed by atoms with Gasteiger partial charge in [-0.25, -0.2) is 9.97 Å². The quantitative estimate of drug-likeness (QED) is 0.189. The molecule has 3 nitrogen and oxygen atoms in total. The number of pyridine rings is 2. The van der Waals surface area contributed by atoms with E-state index in [9.17, 15) is 0 Å². The largest absolute Gasteiger partial charge is 0.278 e. The molecule has 50 heavy (non-hydrogen) atoms. The van der Waals surface area contributed by atoms with Crippen molar-refractivity contribution in [2.45, 2.75) is 5.41 Å². The molecule has 3 aromatic heterocycles. The molecule has 0 bridgehead atoms. The van der Waals surface area contributed by atoms with Gasteiger partial charge in [-0.2, -0.15) is 0 Å². The summed E-state index contributed by atoms with van der Waals surface area (Å²) in [6, 6.07) is 55.4. The Hall–Kier alpha value is -6.58. The molecule has 0 aliphatic heterocycles. The van der Waals surface area contributed by atoms with E-state index in [4.69, 9.17) is 9.97 Å². The maximum atomic E-state index is 5.14. The first-order valence-corrected chi connectivity index (χ1v) is 17.2. The molecule has 0 saturated heterocycles. The molecular weight excluding hydrogens is 607 g/mol. The molecule has 2 aliphatic carbocycles. The van der Waals surface area contributed by atoms with Crippen LogP contribution in [-0.4, -0.2) is 14.5 Å². The van der Waals surface area contributed by atoms with Gasteiger partial charge in [0.2, 0.25) is 0 Å². The molecule has 0 amide bonds. The van der Waals surface area contributed by atoms with Crippen molar-refractivity contribution in [3.63, 3.8) is 0 Å². The van der Waals surface area contributed by atoms with E-state index < -0.39 is 5.41 Å². The lowest BCUT2D eigenvalue weighted by molar-refractivity contribution is 0.767. The predicted molar refractivity (Wildman–Crippen MR) is 206 cm³/mol. The number of fused-ring (bicyclic) bond motifs is 13. The van der Waals surface area contributed by atoms with Crippen molar-refractivity contribution in [3.05, 3.63) is 197 Å². The van der Waals surface area contributed by atoms with Crippen LogP contribution in [-0.2, 0) is 5.41 Å². The van der Waals surface area contributed by atoms with Crippen LogP contribution in [0.25, 0.3) is 72.9 Å². The van der Waals surface area contributed by atoms with Crippen LogP contribution < -0.4 is 0 Å². The number of hydrogen-bond donors (Lipinski definition) is 0. The van der Waals surface area contributed by atoms with Crippen molar-refractivity contribution in [3.8, 4) is 28.1 Å². The first-order chi connectivity index (χ1) is 24.8. The van der Waals surface area contributed by atoms with Crippen LogP contribution in [0, 0.1) is 0 Å². The van der Waals surface area contributed by atoms with Crippen molar-refractivity contribution < 1.29 is 0 Å². The van der Waals surface area contributed by atoms with Gasteiger partial charge in [0.15, 0.2) is 0 Å². The molecule has 0 fully saturated rings. The SMILES string of the molecule is C1=Cc2ccc(-c3cnc4c(c3)c3ccccc3n4-c3ccccn3)cc2C2(c3ccccc31)c1ccccc1-c1cc3ccccc3cc12. The fourth-order valence-corrected chi connectivity index (χ4v) is 8.78. The molecular formula is C47H29N3. The maximum absolute atomic E-state index is 5.14. The average Bonchev–Trinajstić information content (AvgIpc) is 3.60. The number of para-hydroxylation sites is 1. The molecule has 232 valence electrons. The molecule has 1 atom stereocenters. The number of hydrogen-bond acceptors (Lipinski definition) is 2. The Bertz CT molecular complexity index is 2880. The highest BCUT2D eigenvalue weighted by molar-refractivity contribution is 6.09. The number of aromatic nitrogens is 3. The normalized spacial score (nSPS) is 15.6. The highest BCUT2D eigenvalue weighted by Gasteiger charge is 2.48. The van der Waals surface area contributed by atoms with E-state index in [0.717, 1.165) is 38.9 Å². The maximum Gasteiger partial charge on any atom is 0.146 e. The molecule has 0 saturated carbocycles. The third-order valence-corrected chi connectivity index (χ3v) is 10.9. The monoisotopic (exact) mass is 635 g/mol. The van der Waals surface area contributed by atoms with E-state index in [1.165, 1.54) is 55.3 Å². The lowest BCUT2D eigenvalue weighted by Gasteiger charge is -2.35. The summed E-state index contributed by atoms with van der Waals surface area (Å²) in [4.78, 5) is 9.83. The second-order valence-corrected chi connectivity index (χ2v) is 13.4. The van der Waals surface area contributed by atoms with Gasteiger partial charge in [-0.15, -0.1) is 0 Å². The number of rotatable bonds is 2. The van der Waals surface area contributed by atoms with Crippen LogP contribution in [0.1, 0.15) is 33.4 Å². The molecule has 3 heteroatoms. The molecule has 9 aromatic rings. The minimum absolute atomic E-state index is 0.506. The van der Waals surface area contributed by atoms with Gasteiger partial charge in [-0.1, -0.05) is 121 Å². The molecule has 0 radical (unpaired) electrons. The average molecular weight is 636 g/mol. The summed E-state index contributed by atoms with van der Waals surface area (Å²) in [5.74, 6) is 0.863. The van der Waals surface area contributed by atoms with Gasteiger partial charge in [0.05, 0.1) is 10.9 Å². The summed E-state index contributed by atoms with van der Waals surface area (Å²) >= 11 is 0. The zero-order valence-corrected chi connectivity index (χ0v) is 27.1. The molecule has 6 aromatic carbocycles. The van der Waals surface area contributed by atoms with Gasteiger partial charge in [0.1, 0.15) is 11.5 Å². The summed E-state index contributed by atoms with van der Waals surface area (Å²) in [6.45, 7) is 0. The lowest BCUT2D eigenvalue weighted by atomic mass is 9.65. The predicted octanol–water partition coefficient (Wildman–Crippen LogP) is 11.2. The van der Waals surface area contributed by atoms with Gasteiger partial charge >= 0.3 is 0 Å². The Labute approximate surface area is 289 Å². The van der Waals surface area contributed by atoms with Crippen molar-refractivity contribution in [2.75, 3.05) is 0 Å². The van der Waals surface area contributed by atoms with Crippen molar-refractivity contribution in [1.29, 1.82) is 0 Å². The topological polar surface area (TPSA) is 30.7 Å². The van der Waals surface area contributed by atoms with Gasteiger partial charge in [0.25, 0.3) is 0 Å². The van der Waals surface area contributed by atoms with E-state index in [-0.39, 0.29) is 0 Å². The van der Waals surface area contributed by atoms with Crippen LogP contribution in [0.3, 0.4) is 0 Å². The Kier molecular flexibility index (Phi) is 5.59. The smallest absolute Gasteiger partial charge is 0.146 e. The van der Waals surface area contributed by atoms with Crippen molar-refractivity contribution >= 4 is 44.9 Å². The third-order valence-electron chi connectivity index (χ3n) is 10.9. The summed E-state index contributed by atoms with van der Waals surface area (Å²) in [5, 5.41) is 4.79. The zero-order valence-electron chi connectivity index (χ0n) is 27.1. The van der Waals surface area contributed by atoms with Crippen LogP contribution in [0.2, 0.25) is 0 Å². The van der Waals surface area contributed by atoms with E-state index in [1.807, 2.05) is 30.6 Å². The zero-order chi connectivity index (χ0) is 32.8. The molecule has 3 heterocycles. The highest BCUT2D eigenvalue weighted by Crippen LogP contribution is 2.59. The number of benzene rings is 6. The first-order valence-electron chi connectivity index (χ1n) is 17.2. The third kappa shape index (κ3) is 3.64. The Morgan fingerprint density at radius 2 is 1.20 bits per heavy atom. The fourth-order valence-electron chi connectivity index (χ4n) is 8.78. The molecule has 1 unspecified atom stereocenters. The number of nitrogens with zero attached hydrogens (tertiary/aromatic N) is 3. The van der Waals surface area contributed by atoms with Gasteiger partial charge in [-0.05, 0) is 103 Å². The van der Waals surface area contributed by atoms with Gasteiger partial charge < -0.3 is 0 Å². The Balaban J connectivity index is 1.21. The van der Waals surface area contributed by atoms with Crippen LogP contribution >= 0.6 is 0 Å². The second kappa shape index (κ2) is 10.2. The molecule has 2 aliphatic rings. The minimum atomic E-state index is -0.506. The van der Waals surface area contributed by atoms with Crippen molar-refractivity contribution in [2.24, 2.45) is 0 Å². The lowest BCUT2D eigenvalue weighted by Crippen LogP contribution is -2.30. The summed E-state index contributed by atoms with van der Waals surface area (Å²) in [7, 11) is 0. The Morgan fingerprint density at radius 3 is 2.08 bits per heavy atom. The first kappa shape index (κ1) is 27.4. The second-order valence-electron chi connectivity index (χ2n) is 13.4. The van der Waals surface area contributed by atoms with E-state index >= 15 is 0 Å². The van der Waals surface area contributed by atoms with Crippen LogP contribution in [0.15, 0.2) is 164 Å². The minimum Gasteiger partial charge on any atom is -0.278 e. The van der Waals surface area contributed by atoms with Gasteiger partial charge in [0, 0.05) is 28.7 Å². The van der Waals surface area contributed by atoms with Crippen LogP contribution in [0.4, 0.5) is 0 Å². The fraction of sp³-hybridized carbons (Fsp3) is 0.0213. The van der Waals surface area contributed by atoms with Gasteiger partial charge in [-0.3, -0.25) is 4.57 Å². The van der Waals surface area contributed by atoms with E-state index in [0.29, 0.717) is 0 Å². The standard InChI is InChI=1S/C47H29N3/c1-2-13-33-28-43-38(25-32(33)12-1)36-14-4-7-17-41(36)47(43)40-16-6-3-11-30(40)20-21-31-22-23-34(27-42(31)47)35-26-39-37-15-5-8-18-44(37)50(46(39)49-29-35)45-19-9-10-24-48-45/h1-29H. The van der Waals surface area contributed by atoms with Crippen LogP contribution in [0.5, 0.6) is 0 Å². The summed E-state index contributed by atoms with van der Waals surface area (Å²) in [5.41, 5.74) is 14.0. The molecule has 0 N–H and O–H groups in total. The summed E-state index contributed by atoms with van der Waals surface area (Å²) in [6.07, 6.45) is 8.46. The highest BCUT2D eigenvalue weighted by atomic mass is 15.1. The van der Waals surface area contributed by atoms with E-state index in [1.54, 1.807) is 0 Å². The summed E-state index contributed by atoms with van der Waals surface area (Å²) < 4.78 is 2.17. The Morgan fingerprint density at radius 1 is 0.460 bits per heavy atom. The molecule has 1 spiro atoms. The molecule has 11 rings (SSSR count). The van der Waals surface area contributed by atoms with Crippen molar-refractivity contribution in [1.82, 2.24) is 14.5 Å².